The zero-order valence-electron chi connectivity index (χ0n) is 22.1. The van der Waals surface area contributed by atoms with E-state index in [0.29, 0.717) is 24.8 Å². The maximum absolute atomic E-state index is 13.5. The molecule has 38 heavy (non-hydrogen) atoms. The van der Waals surface area contributed by atoms with E-state index in [9.17, 15) is 24.9 Å². The molecule has 1 fully saturated rings. The summed E-state index contributed by atoms with van der Waals surface area (Å²) in [6.45, 7) is 6.07. The first-order chi connectivity index (χ1) is 18.2. The van der Waals surface area contributed by atoms with Gasteiger partial charge in [-0.05, 0) is 66.8 Å². The Hall–Kier alpha value is -2.26. The number of hydrogen-bond acceptors (Lipinski definition) is 6. The van der Waals surface area contributed by atoms with Crippen LogP contribution in [0.25, 0.3) is 6.08 Å². The number of likely N-dealkylation sites (tertiary alicyclic amines) is 1. The van der Waals surface area contributed by atoms with Gasteiger partial charge in [-0.25, -0.2) is 0 Å². The van der Waals surface area contributed by atoms with E-state index >= 15 is 0 Å². The summed E-state index contributed by atoms with van der Waals surface area (Å²) in [6, 6.07) is 9.09. The Balaban J connectivity index is 1.58. The van der Waals surface area contributed by atoms with Gasteiger partial charge < -0.3 is 15.3 Å². The van der Waals surface area contributed by atoms with Gasteiger partial charge in [0, 0.05) is 20.8 Å². The first-order valence-electron chi connectivity index (χ1n) is 13.2. The summed E-state index contributed by atoms with van der Waals surface area (Å²) in [5.74, 6) is -1.90. The van der Waals surface area contributed by atoms with E-state index < -0.39 is 23.9 Å². The highest BCUT2D eigenvalue weighted by Gasteiger charge is 2.55. The van der Waals surface area contributed by atoms with Gasteiger partial charge in [0.15, 0.2) is 0 Å². The van der Waals surface area contributed by atoms with Crippen LogP contribution in [-0.4, -0.2) is 44.7 Å². The standard InChI is InChI=1S/C30H36BrNO5S/c1-4-18(12-19-13-20(31)8-10-25(19)34)7-9-26(35)27-22(17(2)3)14-23-28(24(27)16-33)30(37)32(29(23)36)15-21-6-5-11-38-21/h5-6,8,10-13,17,23-24,26,28,33-35H,4,7,9,14-16H2,1-3H3/b18-12+/t23-,24+,26-,28-/m1/s1. The predicted octanol–water partition coefficient (Wildman–Crippen LogP) is 5.92. The van der Waals surface area contributed by atoms with Crippen LogP contribution >= 0.6 is 27.3 Å². The molecule has 0 bridgehead atoms. The van der Waals surface area contributed by atoms with Crippen LogP contribution in [0.15, 0.2) is 56.9 Å². The van der Waals surface area contributed by atoms with Crippen LogP contribution in [-0.2, 0) is 16.1 Å². The van der Waals surface area contributed by atoms with E-state index in [2.05, 4.69) is 15.9 Å². The van der Waals surface area contributed by atoms with Crippen molar-refractivity contribution < 1.29 is 24.9 Å². The molecule has 4 atom stereocenters. The third-order valence-electron chi connectivity index (χ3n) is 7.90. The molecule has 1 aromatic carbocycles. The molecule has 1 aliphatic carbocycles. The van der Waals surface area contributed by atoms with E-state index in [4.69, 9.17) is 0 Å². The molecule has 204 valence electrons. The fraction of sp³-hybridized carbons (Fsp3) is 0.467. The van der Waals surface area contributed by atoms with Crippen molar-refractivity contribution >= 4 is 45.2 Å². The van der Waals surface area contributed by atoms with Crippen LogP contribution in [0, 0.1) is 23.7 Å². The summed E-state index contributed by atoms with van der Waals surface area (Å²) in [5.41, 5.74) is 3.49. The van der Waals surface area contributed by atoms with Gasteiger partial charge >= 0.3 is 0 Å². The molecule has 2 aliphatic rings. The minimum Gasteiger partial charge on any atom is -0.507 e. The lowest BCUT2D eigenvalue weighted by atomic mass is 9.66. The lowest BCUT2D eigenvalue weighted by Crippen LogP contribution is -2.39. The van der Waals surface area contributed by atoms with Crippen LogP contribution in [0.2, 0.25) is 0 Å². The minimum atomic E-state index is -0.842. The molecule has 3 N–H and O–H groups in total. The minimum absolute atomic E-state index is 0.0729. The number of aliphatic hydroxyl groups is 2. The average molecular weight is 603 g/mol. The van der Waals surface area contributed by atoms with Crippen molar-refractivity contribution in [2.24, 2.45) is 23.7 Å². The van der Waals surface area contributed by atoms with E-state index in [0.717, 1.165) is 32.5 Å². The highest BCUT2D eigenvalue weighted by molar-refractivity contribution is 9.10. The van der Waals surface area contributed by atoms with Crippen molar-refractivity contribution in [3.05, 3.63) is 67.3 Å². The maximum Gasteiger partial charge on any atom is 0.234 e. The van der Waals surface area contributed by atoms with Crippen LogP contribution in [0.1, 0.15) is 56.9 Å². The van der Waals surface area contributed by atoms with Gasteiger partial charge in [0.2, 0.25) is 11.8 Å². The number of fused-ring (bicyclic) bond motifs is 1. The van der Waals surface area contributed by atoms with Crippen LogP contribution in [0.5, 0.6) is 5.75 Å². The smallest absolute Gasteiger partial charge is 0.234 e. The Bertz CT molecular complexity index is 1240. The van der Waals surface area contributed by atoms with Crippen LogP contribution in [0.4, 0.5) is 0 Å². The van der Waals surface area contributed by atoms with Gasteiger partial charge in [-0.1, -0.05) is 60.0 Å². The summed E-state index contributed by atoms with van der Waals surface area (Å²) < 4.78 is 0.871. The molecule has 0 radical (unpaired) electrons. The fourth-order valence-corrected chi connectivity index (χ4v) is 6.98. The quantitative estimate of drug-likeness (QED) is 0.232. The van der Waals surface area contributed by atoms with Gasteiger partial charge in [-0.3, -0.25) is 14.5 Å². The first-order valence-corrected chi connectivity index (χ1v) is 14.9. The van der Waals surface area contributed by atoms with Gasteiger partial charge in [-0.2, -0.15) is 0 Å². The molecule has 4 rings (SSSR count). The predicted molar refractivity (Wildman–Crippen MR) is 153 cm³/mol. The maximum atomic E-state index is 13.5. The van der Waals surface area contributed by atoms with Crippen molar-refractivity contribution in [2.75, 3.05) is 6.61 Å². The number of rotatable bonds is 10. The number of aliphatic hydroxyl groups excluding tert-OH is 2. The van der Waals surface area contributed by atoms with Gasteiger partial charge in [0.25, 0.3) is 0 Å². The number of carbonyl (C=O) groups excluding carboxylic acids is 2. The number of phenols is 1. The van der Waals surface area contributed by atoms with Crippen molar-refractivity contribution in [3.8, 4) is 5.75 Å². The molecule has 2 aromatic rings. The third kappa shape index (κ3) is 5.83. The molecule has 1 saturated heterocycles. The number of thiophene rings is 1. The topological polar surface area (TPSA) is 98.1 Å². The van der Waals surface area contributed by atoms with E-state index in [-0.39, 0.29) is 36.6 Å². The first kappa shape index (κ1) is 28.7. The number of imide groups is 1. The number of allylic oxidation sites excluding steroid dienone is 2. The number of carbonyl (C=O) groups is 2. The van der Waals surface area contributed by atoms with Crippen molar-refractivity contribution in [2.45, 2.75) is 59.1 Å². The Morgan fingerprint density at radius 1 is 1.24 bits per heavy atom. The monoisotopic (exact) mass is 601 g/mol. The zero-order chi connectivity index (χ0) is 27.6. The number of amides is 2. The number of nitrogens with zero attached hydrogens (tertiary/aromatic N) is 1. The van der Waals surface area contributed by atoms with Gasteiger partial charge in [0.1, 0.15) is 5.75 Å². The lowest BCUT2D eigenvalue weighted by Gasteiger charge is -2.38. The number of aromatic hydroxyl groups is 1. The molecule has 6 nitrogen and oxygen atoms in total. The third-order valence-corrected chi connectivity index (χ3v) is 9.25. The number of halogens is 1. The van der Waals surface area contributed by atoms with Crippen molar-refractivity contribution in [3.63, 3.8) is 0 Å². The fourth-order valence-electron chi connectivity index (χ4n) is 5.91. The summed E-state index contributed by atoms with van der Waals surface area (Å²) in [5, 5.41) is 34.2. The van der Waals surface area contributed by atoms with Crippen LogP contribution < -0.4 is 0 Å². The summed E-state index contributed by atoms with van der Waals surface area (Å²) >= 11 is 4.95. The van der Waals surface area contributed by atoms with Gasteiger partial charge in [0.05, 0.1) is 31.1 Å². The molecule has 8 heteroatoms. The Kier molecular flexibility index (Phi) is 9.29. The number of phenolic OH excluding ortho intramolecular Hbond substituents is 1. The van der Waals surface area contributed by atoms with E-state index in [1.54, 1.807) is 12.1 Å². The highest BCUT2D eigenvalue weighted by Crippen LogP contribution is 2.48. The molecular weight excluding hydrogens is 566 g/mol. The molecule has 2 amide bonds. The van der Waals surface area contributed by atoms with Crippen molar-refractivity contribution in [1.29, 1.82) is 0 Å². The molecule has 1 aromatic heterocycles. The van der Waals surface area contributed by atoms with E-state index in [1.807, 2.05) is 50.4 Å². The summed E-state index contributed by atoms with van der Waals surface area (Å²) in [4.78, 5) is 29.2. The molecular formula is C30H36BrNO5S. The Morgan fingerprint density at radius 3 is 2.63 bits per heavy atom. The molecule has 0 spiro atoms. The summed E-state index contributed by atoms with van der Waals surface area (Å²) in [6.07, 6.45) is 3.32. The zero-order valence-corrected chi connectivity index (χ0v) is 24.5. The van der Waals surface area contributed by atoms with E-state index in [1.165, 1.54) is 16.2 Å². The van der Waals surface area contributed by atoms with Gasteiger partial charge in [-0.15, -0.1) is 11.3 Å². The highest BCUT2D eigenvalue weighted by atomic mass is 79.9. The number of hydrogen-bond donors (Lipinski definition) is 3. The SMILES string of the molecule is CC/C(=C\c1cc(Br)ccc1O)CC[C@@H](O)C1=C(C(C)C)C[C@H]2C(=O)N(Cc3cccs3)C(=O)[C@H]2[C@H]1CO. The second-order valence-corrected chi connectivity index (χ2v) is 12.5. The average Bonchev–Trinajstić information content (AvgIpc) is 3.49. The van der Waals surface area contributed by atoms with Crippen molar-refractivity contribution in [1.82, 2.24) is 4.90 Å². The Morgan fingerprint density at radius 2 is 2.00 bits per heavy atom. The largest absolute Gasteiger partial charge is 0.507 e. The number of benzene rings is 1. The molecule has 0 saturated carbocycles. The second kappa shape index (κ2) is 12.3. The molecule has 0 unspecified atom stereocenters. The van der Waals surface area contributed by atoms with Crippen LogP contribution in [0.3, 0.4) is 0 Å². The summed E-state index contributed by atoms with van der Waals surface area (Å²) in [7, 11) is 0. The lowest BCUT2D eigenvalue weighted by molar-refractivity contribution is -0.140. The second-order valence-electron chi connectivity index (χ2n) is 10.5. The normalized spacial score (nSPS) is 23.0. The molecule has 1 aliphatic heterocycles. The molecule has 2 heterocycles. The Labute approximate surface area is 236 Å².